The number of aliphatic hydroxyl groups excluding tert-OH is 2. The van der Waals surface area contributed by atoms with E-state index < -0.39 is 18.0 Å². The van der Waals surface area contributed by atoms with Crippen molar-refractivity contribution in [2.75, 3.05) is 0 Å². The largest absolute Gasteiger partial charge is 0.390 e. The van der Waals surface area contributed by atoms with Crippen LogP contribution in [0.25, 0.3) is 0 Å². The van der Waals surface area contributed by atoms with E-state index in [9.17, 15) is 10.2 Å². The van der Waals surface area contributed by atoms with Crippen LogP contribution >= 0.6 is 0 Å². The lowest BCUT2D eigenvalue weighted by atomic mass is 10.1. The van der Waals surface area contributed by atoms with Gasteiger partial charge < -0.3 is 19.7 Å². The maximum Gasteiger partial charge on any atom is 0.163 e. The summed E-state index contributed by atoms with van der Waals surface area (Å²) in [6, 6.07) is 0. The SMILES string of the molecule is C[C@H]1[C@@H](O)[C@H](O)[C@H]2OC(C)(C)O[C@@H]12. The Morgan fingerprint density at radius 1 is 1.00 bits per heavy atom. The standard InChI is InChI=1S/C9H16O4/c1-4-5(10)6(11)8-7(4)12-9(2,3)13-8/h4-8,10-11H,1-3H3/t4-,5+,6-,7-,8+/m0/s1. The lowest BCUT2D eigenvalue weighted by Gasteiger charge is -2.23. The molecule has 2 aliphatic rings. The summed E-state index contributed by atoms with van der Waals surface area (Å²) in [7, 11) is 0. The number of hydrogen-bond acceptors (Lipinski definition) is 4. The van der Waals surface area contributed by atoms with Crippen molar-refractivity contribution in [1.29, 1.82) is 0 Å². The predicted octanol–water partition coefficient (Wildman–Crippen LogP) is -0.122. The van der Waals surface area contributed by atoms with Crippen molar-refractivity contribution in [3.8, 4) is 0 Å². The van der Waals surface area contributed by atoms with Crippen LogP contribution in [-0.4, -0.2) is 40.4 Å². The van der Waals surface area contributed by atoms with E-state index in [0.717, 1.165) is 0 Å². The Bertz CT molecular complexity index is 196. The first-order chi connectivity index (χ1) is 5.92. The zero-order chi connectivity index (χ0) is 9.80. The Hall–Kier alpha value is -0.160. The molecule has 5 atom stereocenters. The second-order valence-corrected chi connectivity index (χ2v) is 4.41. The third kappa shape index (κ3) is 1.29. The van der Waals surface area contributed by atoms with Gasteiger partial charge in [0, 0.05) is 5.92 Å². The van der Waals surface area contributed by atoms with Crippen molar-refractivity contribution in [2.45, 2.75) is 51.0 Å². The van der Waals surface area contributed by atoms with Gasteiger partial charge in [0.25, 0.3) is 0 Å². The minimum Gasteiger partial charge on any atom is -0.390 e. The van der Waals surface area contributed by atoms with Crippen molar-refractivity contribution in [3.05, 3.63) is 0 Å². The van der Waals surface area contributed by atoms with Gasteiger partial charge >= 0.3 is 0 Å². The van der Waals surface area contributed by atoms with E-state index in [1.807, 2.05) is 20.8 Å². The monoisotopic (exact) mass is 188 g/mol. The van der Waals surface area contributed by atoms with Gasteiger partial charge in [-0.25, -0.2) is 0 Å². The van der Waals surface area contributed by atoms with Crippen molar-refractivity contribution < 1.29 is 19.7 Å². The number of hydrogen-bond donors (Lipinski definition) is 2. The van der Waals surface area contributed by atoms with Gasteiger partial charge in [-0.2, -0.15) is 0 Å². The zero-order valence-corrected chi connectivity index (χ0v) is 8.10. The molecule has 2 rings (SSSR count). The van der Waals surface area contributed by atoms with Crippen LogP contribution in [0.4, 0.5) is 0 Å². The fraction of sp³-hybridized carbons (Fsp3) is 1.00. The van der Waals surface area contributed by atoms with Crippen LogP contribution in [0, 0.1) is 5.92 Å². The summed E-state index contributed by atoms with van der Waals surface area (Å²) in [5.74, 6) is -0.702. The summed E-state index contributed by atoms with van der Waals surface area (Å²) >= 11 is 0. The normalized spacial score (nSPS) is 53.8. The van der Waals surface area contributed by atoms with Crippen LogP contribution < -0.4 is 0 Å². The lowest BCUT2D eigenvalue weighted by molar-refractivity contribution is -0.179. The van der Waals surface area contributed by atoms with E-state index in [1.54, 1.807) is 0 Å². The molecule has 0 aromatic heterocycles. The van der Waals surface area contributed by atoms with Gasteiger partial charge in [-0.3, -0.25) is 0 Å². The van der Waals surface area contributed by atoms with E-state index >= 15 is 0 Å². The molecule has 4 nitrogen and oxygen atoms in total. The van der Waals surface area contributed by atoms with E-state index in [4.69, 9.17) is 9.47 Å². The van der Waals surface area contributed by atoms with E-state index in [0.29, 0.717) is 0 Å². The molecule has 0 aromatic rings. The van der Waals surface area contributed by atoms with Crippen molar-refractivity contribution in [3.63, 3.8) is 0 Å². The average Bonchev–Trinajstić information content (AvgIpc) is 2.44. The minimum absolute atomic E-state index is 0.0678. The third-order valence-corrected chi connectivity index (χ3v) is 2.91. The quantitative estimate of drug-likeness (QED) is 0.556. The van der Waals surface area contributed by atoms with Crippen molar-refractivity contribution >= 4 is 0 Å². The molecule has 0 spiro atoms. The summed E-state index contributed by atoms with van der Waals surface area (Å²) in [4.78, 5) is 0. The van der Waals surface area contributed by atoms with Crippen LogP contribution in [0.1, 0.15) is 20.8 Å². The van der Waals surface area contributed by atoms with Crippen LogP contribution in [0.15, 0.2) is 0 Å². The molecule has 1 aliphatic carbocycles. The summed E-state index contributed by atoms with van der Waals surface area (Å²) in [5.41, 5.74) is 0. The molecule has 1 saturated carbocycles. The zero-order valence-electron chi connectivity index (χ0n) is 8.10. The molecular formula is C9H16O4. The number of aliphatic hydroxyl groups is 2. The molecule has 13 heavy (non-hydrogen) atoms. The first kappa shape index (κ1) is 9.40. The van der Waals surface area contributed by atoms with Gasteiger partial charge in [-0.05, 0) is 13.8 Å². The van der Waals surface area contributed by atoms with Crippen LogP contribution in [-0.2, 0) is 9.47 Å². The molecule has 4 heteroatoms. The van der Waals surface area contributed by atoms with E-state index in [2.05, 4.69) is 0 Å². The first-order valence-corrected chi connectivity index (χ1v) is 4.64. The molecule has 1 saturated heterocycles. The Balaban J connectivity index is 2.18. The minimum atomic E-state index is -0.818. The fourth-order valence-corrected chi connectivity index (χ4v) is 2.19. The highest BCUT2D eigenvalue weighted by Gasteiger charge is 2.56. The summed E-state index contributed by atoms with van der Waals surface area (Å²) in [6.07, 6.45) is -2.10. The van der Waals surface area contributed by atoms with Crippen molar-refractivity contribution in [2.24, 2.45) is 5.92 Å². The van der Waals surface area contributed by atoms with Gasteiger partial charge in [0.1, 0.15) is 12.2 Å². The molecule has 2 fully saturated rings. The maximum atomic E-state index is 9.62. The molecule has 0 aromatic carbocycles. The van der Waals surface area contributed by atoms with Gasteiger partial charge in [0.15, 0.2) is 5.79 Å². The molecule has 1 heterocycles. The summed E-state index contributed by atoms with van der Waals surface area (Å²) in [5, 5.41) is 19.1. The topological polar surface area (TPSA) is 58.9 Å². The summed E-state index contributed by atoms with van der Waals surface area (Å²) < 4.78 is 11.1. The first-order valence-electron chi connectivity index (χ1n) is 4.64. The second kappa shape index (κ2) is 2.67. The molecule has 1 aliphatic heterocycles. The van der Waals surface area contributed by atoms with Crippen molar-refractivity contribution in [1.82, 2.24) is 0 Å². The maximum absolute atomic E-state index is 9.62. The fourth-order valence-electron chi connectivity index (χ4n) is 2.19. The number of rotatable bonds is 0. The highest BCUT2D eigenvalue weighted by molar-refractivity contribution is 5.02. The Morgan fingerprint density at radius 3 is 2.08 bits per heavy atom. The Morgan fingerprint density at radius 2 is 1.54 bits per heavy atom. The molecule has 2 N–H and O–H groups in total. The van der Waals surface area contributed by atoms with E-state index in [1.165, 1.54) is 0 Å². The Labute approximate surface area is 77.5 Å². The highest BCUT2D eigenvalue weighted by Crippen LogP contribution is 2.41. The molecule has 0 amide bonds. The molecule has 0 radical (unpaired) electrons. The van der Waals surface area contributed by atoms with Crippen LogP contribution in [0.3, 0.4) is 0 Å². The van der Waals surface area contributed by atoms with Gasteiger partial charge in [0.2, 0.25) is 0 Å². The summed E-state index contributed by atoms with van der Waals surface area (Å²) in [6.45, 7) is 5.50. The highest BCUT2D eigenvalue weighted by atomic mass is 16.8. The van der Waals surface area contributed by atoms with Gasteiger partial charge in [0.05, 0.1) is 12.2 Å². The number of ether oxygens (including phenoxy) is 2. The lowest BCUT2D eigenvalue weighted by Crippen LogP contribution is -2.35. The molecular weight excluding hydrogens is 172 g/mol. The Kier molecular flexibility index (Phi) is 1.93. The second-order valence-electron chi connectivity index (χ2n) is 4.41. The predicted molar refractivity (Wildman–Crippen MR) is 45.0 cm³/mol. The van der Waals surface area contributed by atoms with Crippen LogP contribution in [0.2, 0.25) is 0 Å². The average molecular weight is 188 g/mol. The number of fused-ring (bicyclic) bond motifs is 1. The van der Waals surface area contributed by atoms with Gasteiger partial charge in [-0.15, -0.1) is 0 Å². The van der Waals surface area contributed by atoms with Crippen LogP contribution in [0.5, 0.6) is 0 Å². The molecule has 0 unspecified atom stereocenters. The van der Waals surface area contributed by atoms with Gasteiger partial charge in [-0.1, -0.05) is 6.92 Å². The molecule has 76 valence electrons. The third-order valence-electron chi connectivity index (χ3n) is 2.91. The molecule has 0 bridgehead atoms. The van der Waals surface area contributed by atoms with E-state index in [-0.39, 0.29) is 18.1 Å². The smallest absolute Gasteiger partial charge is 0.163 e.